The predicted octanol–water partition coefficient (Wildman–Crippen LogP) is -1.45. The number of furan rings is 1. The molecule has 3 heterocycles. The monoisotopic (exact) mass is 423 g/mol. The van der Waals surface area contributed by atoms with Crippen LogP contribution in [0, 0.1) is 0 Å². The van der Waals surface area contributed by atoms with E-state index in [9.17, 15) is 24.0 Å². The lowest BCUT2D eigenvalue weighted by atomic mass is 10.3. The number of halogens is 1. The van der Waals surface area contributed by atoms with Crippen molar-refractivity contribution >= 4 is 25.5 Å². The molecule has 1 saturated heterocycles. The fourth-order valence-corrected chi connectivity index (χ4v) is 3.16. The van der Waals surface area contributed by atoms with Crippen LogP contribution >= 0.6 is 7.60 Å². The fraction of sp³-hybridized carbons (Fsp3) is 0.333. The number of fused-ring (bicyclic) bond motifs is 1. The van der Waals surface area contributed by atoms with E-state index in [0.29, 0.717) is 0 Å². The smallest absolute Gasteiger partial charge is 0.365 e. The summed E-state index contributed by atoms with van der Waals surface area (Å²) in [6, 6.07) is 0. The summed E-state index contributed by atoms with van der Waals surface area (Å²) < 4.78 is 34.5. The quantitative estimate of drug-likeness (QED) is 0.194. The largest absolute Gasteiger partial charge is 0.502 e. The number of aliphatic carboxylic acids is 1. The normalized spacial score (nSPS) is 20.3. The number of aromatic hydroxyl groups is 2. The van der Waals surface area contributed by atoms with Gasteiger partial charge in [0.2, 0.25) is 17.4 Å². The molecule has 0 bridgehead atoms. The Kier molecular flexibility index (Phi) is 4.84. The van der Waals surface area contributed by atoms with Crippen molar-refractivity contribution in [3.05, 3.63) is 17.3 Å². The molecule has 0 amide bonds. The first-order valence-corrected chi connectivity index (χ1v) is 9.13. The average molecular weight is 423 g/mol. The van der Waals surface area contributed by atoms with Crippen molar-refractivity contribution < 1.29 is 48.0 Å². The first-order valence-electron chi connectivity index (χ1n) is 7.44. The van der Waals surface area contributed by atoms with Crippen molar-refractivity contribution in [2.45, 2.75) is 18.6 Å². The van der Waals surface area contributed by atoms with Crippen LogP contribution in [0.25, 0.3) is 0 Å². The van der Waals surface area contributed by atoms with E-state index in [1.54, 1.807) is 0 Å². The van der Waals surface area contributed by atoms with E-state index in [-0.39, 0.29) is 24.1 Å². The number of amidine groups is 1. The highest BCUT2D eigenvalue weighted by Crippen LogP contribution is 2.46. The van der Waals surface area contributed by atoms with Gasteiger partial charge in [-0.05, 0) is 0 Å². The molecule has 16 heteroatoms. The number of ether oxygens (including phenoxy) is 1. The lowest BCUT2D eigenvalue weighted by Gasteiger charge is -2.25. The molecule has 1 fully saturated rings. The minimum atomic E-state index is -5.16. The van der Waals surface area contributed by atoms with Crippen LogP contribution < -0.4 is 21.3 Å². The summed E-state index contributed by atoms with van der Waals surface area (Å²) in [6.45, 7) is -0.932. The maximum atomic E-state index is 13.5. The number of nitrogens with two attached hydrogens (primary N) is 1. The zero-order valence-corrected chi connectivity index (χ0v) is 14.6. The third-order valence-electron chi connectivity index (χ3n) is 3.84. The van der Waals surface area contributed by atoms with E-state index in [0.717, 1.165) is 0 Å². The summed E-state index contributed by atoms with van der Waals surface area (Å²) in [7, 11) is -5.16. The molecular weight excluding hydrogens is 408 g/mol. The number of nitrogens with zero attached hydrogens (tertiary/aromatic N) is 2. The van der Waals surface area contributed by atoms with Crippen molar-refractivity contribution in [1.29, 1.82) is 0 Å². The van der Waals surface area contributed by atoms with Gasteiger partial charge in [0, 0.05) is 0 Å². The van der Waals surface area contributed by atoms with E-state index in [2.05, 4.69) is 20.4 Å². The van der Waals surface area contributed by atoms with Gasteiger partial charge >= 0.3 is 13.6 Å². The number of hydrogen-bond donors (Lipinski definition) is 8. The van der Waals surface area contributed by atoms with E-state index in [1.165, 1.54) is 4.90 Å². The van der Waals surface area contributed by atoms with Crippen molar-refractivity contribution in [2.24, 2.45) is 10.7 Å². The van der Waals surface area contributed by atoms with Crippen LogP contribution in [0.2, 0.25) is 0 Å². The molecule has 1 aromatic rings. The third kappa shape index (κ3) is 3.43. The molecule has 2 aliphatic heterocycles. The van der Waals surface area contributed by atoms with Crippen LogP contribution in [0.1, 0.15) is 5.76 Å². The number of hydrogen-bond acceptors (Lipinski definition) is 11. The van der Waals surface area contributed by atoms with Gasteiger partial charge in [0.05, 0.1) is 12.4 Å². The molecule has 0 aliphatic carbocycles. The van der Waals surface area contributed by atoms with Gasteiger partial charge in [0.25, 0.3) is 11.9 Å². The molecule has 0 aromatic carbocycles. The second-order valence-corrected chi connectivity index (χ2v) is 7.32. The lowest BCUT2D eigenvalue weighted by molar-refractivity contribution is -0.146. The maximum absolute atomic E-state index is 13.5. The Bertz CT molecular complexity index is 925. The molecule has 0 unspecified atom stereocenters. The standard InChI is InChI=1S/C12H15FN5O9P/c13-12-16-7(14)4-8(17-12)18(2-15-4)9-6(20)5(19)3(27-9)1-26-11(10(21)22)28(23,24)25/h8,11,15,19-20H,1-2,14H2,(H,16,17)(H,21,22)(H2,23,24,25)/t8-,11-/m1/s1. The highest BCUT2D eigenvalue weighted by atomic mass is 31.2. The molecule has 2 aliphatic rings. The number of aliphatic imine (C=N–C) groups is 1. The number of carboxylic acid groups (broad SMARTS) is 1. The van der Waals surface area contributed by atoms with Crippen LogP contribution in [0.4, 0.5) is 10.3 Å². The molecule has 1 aromatic heterocycles. The molecule has 2 atom stereocenters. The maximum Gasteiger partial charge on any atom is 0.365 e. The summed E-state index contributed by atoms with van der Waals surface area (Å²) in [5.41, 5.74) is 5.88. The van der Waals surface area contributed by atoms with E-state index in [4.69, 9.17) is 25.0 Å². The molecule has 9 N–H and O–H groups in total. The van der Waals surface area contributed by atoms with Gasteiger partial charge in [0.1, 0.15) is 6.61 Å². The molecule has 154 valence electrons. The van der Waals surface area contributed by atoms with Crippen molar-refractivity contribution in [2.75, 3.05) is 11.6 Å². The molecular formula is C12H15FN5O9P. The molecule has 0 spiro atoms. The SMILES string of the molecule is NC1=C2NCN(c3oc(CO[C@@H](C(=O)O)P(=O)(O)O)c(O)c3O)[C@H]2NC(F)=N1. The lowest BCUT2D eigenvalue weighted by Crippen LogP contribution is -2.46. The molecule has 14 nitrogen and oxygen atoms in total. The van der Waals surface area contributed by atoms with Gasteiger partial charge in [-0.3, -0.25) is 9.46 Å². The number of rotatable bonds is 6. The highest BCUT2D eigenvalue weighted by molar-refractivity contribution is 7.53. The molecule has 0 radical (unpaired) electrons. The number of anilines is 1. The van der Waals surface area contributed by atoms with Gasteiger partial charge < -0.3 is 50.6 Å². The fourth-order valence-electron chi connectivity index (χ4n) is 2.60. The van der Waals surface area contributed by atoms with Crippen LogP contribution in [0.15, 0.2) is 20.9 Å². The van der Waals surface area contributed by atoms with Crippen molar-refractivity contribution in [3.63, 3.8) is 0 Å². The molecule has 0 saturated carbocycles. The predicted molar refractivity (Wildman–Crippen MR) is 87.5 cm³/mol. The topological polar surface area (TPSA) is 223 Å². The minimum Gasteiger partial charge on any atom is -0.502 e. The average Bonchev–Trinajstić information content (AvgIpc) is 3.09. The third-order valence-corrected chi connectivity index (χ3v) is 4.82. The minimum absolute atomic E-state index is 0.0441. The Balaban J connectivity index is 1.84. The van der Waals surface area contributed by atoms with E-state index in [1.807, 2.05) is 0 Å². The Morgan fingerprint density at radius 2 is 2.14 bits per heavy atom. The first-order chi connectivity index (χ1) is 13.0. The second kappa shape index (κ2) is 6.87. The Labute approximate surface area is 154 Å². The Morgan fingerprint density at radius 3 is 2.75 bits per heavy atom. The second-order valence-electron chi connectivity index (χ2n) is 5.67. The van der Waals surface area contributed by atoms with Crippen molar-refractivity contribution in [1.82, 2.24) is 10.6 Å². The van der Waals surface area contributed by atoms with E-state index < -0.39 is 55.5 Å². The summed E-state index contributed by atoms with van der Waals surface area (Å²) >= 11 is 0. The number of nitrogens with one attached hydrogen (secondary N) is 2. The molecule has 3 rings (SSSR count). The number of carboxylic acids is 1. The Hall–Kier alpha value is -3.00. The van der Waals surface area contributed by atoms with Gasteiger partial charge in [-0.2, -0.15) is 9.38 Å². The summed E-state index contributed by atoms with van der Waals surface area (Å²) in [4.78, 5) is 33.5. The van der Waals surface area contributed by atoms with Gasteiger partial charge in [-0.25, -0.2) is 4.79 Å². The molecule has 28 heavy (non-hydrogen) atoms. The van der Waals surface area contributed by atoms with Crippen molar-refractivity contribution in [3.8, 4) is 11.5 Å². The van der Waals surface area contributed by atoms with Gasteiger partial charge in [-0.1, -0.05) is 0 Å². The highest BCUT2D eigenvalue weighted by Gasteiger charge is 2.40. The zero-order valence-electron chi connectivity index (χ0n) is 13.7. The van der Waals surface area contributed by atoms with Gasteiger partial charge in [-0.15, -0.1) is 0 Å². The van der Waals surface area contributed by atoms with Gasteiger partial charge in [0.15, 0.2) is 17.7 Å². The number of carbonyl (C=O) groups is 1. The summed E-state index contributed by atoms with van der Waals surface area (Å²) in [6.07, 6.45) is -1.95. The Morgan fingerprint density at radius 1 is 1.46 bits per heavy atom. The zero-order chi connectivity index (χ0) is 20.8. The van der Waals surface area contributed by atoms with Crippen LogP contribution in [0.5, 0.6) is 11.5 Å². The first kappa shape index (κ1) is 19.8. The van der Waals surface area contributed by atoms with Crippen LogP contribution in [-0.2, 0) is 20.7 Å². The van der Waals surface area contributed by atoms with Crippen LogP contribution in [-0.4, -0.2) is 55.8 Å². The van der Waals surface area contributed by atoms with E-state index >= 15 is 0 Å². The van der Waals surface area contributed by atoms with Crippen LogP contribution in [0.3, 0.4) is 0 Å². The summed E-state index contributed by atoms with van der Waals surface area (Å²) in [5, 5.41) is 34.0. The summed E-state index contributed by atoms with van der Waals surface area (Å²) in [5.74, 6) is -7.08.